The number of hydrogen-bond acceptors (Lipinski definition) is 3. The van der Waals surface area contributed by atoms with E-state index in [9.17, 15) is 9.90 Å². The molecule has 0 aromatic carbocycles. The van der Waals surface area contributed by atoms with Gasteiger partial charge in [0.15, 0.2) is 4.77 Å². The Morgan fingerprint density at radius 2 is 1.86 bits per heavy atom. The minimum absolute atomic E-state index is 0. The first kappa shape index (κ1) is 13.8. The van der Waals surface area contributed by atoms with E-state index >= 15 is 0 Å². The van der Waals surface area contributed by atoms with Crippen LogP contribution >= 0.6 is 12.2 Å². The average molecular weight is 404 g/mol. The van der Waals surface area contributed by atoms with Crippen LogP contribution in [0.1, 0.15) is 13.8 Å². The predicted molar refractivity (Wildman–Crippen MR) is 56.1 cm³/mol. The molecule has 6 heteroatoms. The Morgan fingerprint density at radius 3 is 2.29 bits per heavy atom. The summed E-state index contributed by atoms with van der Waals surface area (Å²) < 4.78 is 3.11. The summed E-state index contributed by atoms with van der Waals surface area (Å²) in [5.74, 6) is -0.317. The van der Waals surface area contributed by atoms with Gasteiger partial charge in [0.2, 0.25) is 0 Å². The molecule has 0 radical (unpaired) electrons. The Bertz CT molecular complexity index is 424. The molecule has 0 saturated carbocycles. The summed E-state index contributed by atoms with van der Waals surface area (Å²) in [6, 6.07) is 1.07. The Balaban J connectivity index is 0.00000169. The van der Waals surface area contributed by atoms with Gasteiger partial charge in [-0.05, 0) is 31.9 Å². The van der Waals surface area contributed by atoms with Gasteiger partial charge in [-0.3, -0.25) is 9.36 Å². The van der Waals surface area contributed by atoms with Crippen LogP contribution in [-0.4, -0.2) is 36.4 Å². The smallest absolute Gasteiger partial charge is 0.860 e. The summed E-state index contributed by atoms with van der Waals surface area (Å²) in [5, 5.41) is 11.2. The van der Waals surface area contributed by atoms with Crippen LogP contribution in [0.2, 0.25) is 0 Å². The standard InChI is InChI=1S/C8H12N2O2S.Tl/c1-3-9-6(11)5-7(12)10(4-2)8(9)13;/h5,11H,3-4H2,1-2H3;/q;+1/p-1. The molecule has 0 saturated heterocycles. The fourth-order valence-corrected chi connectivity index (χ4v) is 1.62. The van der Waals surface area contributed by atoms with Gasteiger partial charge in [-0.15, -0.1) is 0 Å². The zero-order valence-electron chi connectivity index (χ0n) is 8.19. The Morgan fingerprint density at radius 1 is 1.36 bits per heavy atom. The van der Waals surface area contributed by atoms with Crippen molar-refractivity contribution in [3.05, 3.63) is 21.2 Å². The van der Waals surface area contributed by atoms with E-state index in [1.807, 2.05) is 13.8 Å². The zero-order valence-corrected chi connectivity index (χ0v) is 13.5. The van der Waals surface area contributed by atoms with E-state index in [1.165, 1.54) is 9.13 Å². The van der Waals surface area contributed by atoms with Gasteiger partial charge in [0.05, 0.1) is 0 Å². The molecule has 0 spiro atoms. The monoisotopic (exact) mass is 404 g/mol. The first-order valence-electron chi connectivity index (χ1n) is 4.13. The summed E-state index contributed by atoms with van der Waals surface area (Å²) in [6.45, 7) is 4.64. The van der Waals surface area contributed by atoms with Crippen molar-refractivity contribution in [2.45, 2.75) is 26.9 Å². The molecule has 0 bridgehead atoms. The van der Waals surface area contributed by atoms with Crippen LogP contribution in [0.15, 0.2) is 10.9 Å². The van der Waals surface area contributed by atoms with Crippen molar-refractivity contribution >= 4 is 39.5 Å². The van der Waals surface area contributed by atoms with Gasteiger partial charge in [-0.25, -0.2) is 0 Å². The molecule has 0 N–H and O–H groups in total. The van der Waals surface area contributed by atoms with E-state index in [1.54, 1.807) is 0 Å². The second-order valence-electron chi connectivity index (χ2n) is 2.59. The molecule has 0 aliphatic carbocycles. The second-order valence-corrected chi connectivity index (χ2v) is 2.96. The maximum atomic E-state index is 11.2. The third kappa shape index (κ3) is 2.44. The molecule has 1 rings (SSSR count). The van der Waals surface area contributed by atoms with Crippen molar-refractivity contribution in [1.29, 1.82) is 0 Å². The molecule has 0 fully saturated rings. The van der Waals surface area contributed by atoms with Crippen LogP contribution in [0.25, 0.3) is 0 Å². The molecular formula is C8H11N2O2STl. The Hall–Kier alpha value is -0.178. The van der Waals surface area contributed by atoms with Crippen molar-refractivity contribution in [1.82, 2.24) is 9.13 Å². The molecule has 0 unspecified atom stereocenters. The summed E-state index contributed by atoms with van der Waals surface area (Å²) in [4.78, 5) is 11.2. The maximum Gasteiger partial charge on any atom is 1.00 e. The largest absolute Gasteiger partial charge is 1.00 e. The predicted octanol–water partition coefficient (Wildman–Crippen LogP) is 0.112. The van der Waals surface area contributed by atoms with E-state index in [4.69, 9.17) is 12.2 Å². The molecule has 0 atom stereocenters. The molecule has 0 amide bonds. The normalized spacial score (nSPS) is 9.57. The van der Waals surface area contributed by atoms with Crippen LogP contribution in [0, 0.1) is 4.77 Å². The topological polar surface area (TPSA) is 50.0 Å². The number of hydrogen-bond donors (Lipinski definition) is 0. The molecule has 4 nitrogen and oxygen atoms in total. The van der Waals surface area contributed by atoms with E-state index in [0.29, 0.717) is 17.9 Å². The van der Waals surface area contributed by atoms with Gasteiger partial charge in [-0.2, -0.15) is 0 Å². The zero-order chi connectivity index (χ0) is 10.0. The SMILES string of the molecule is CCn1c([O-])cc(=O)n(CC)c1=S.[Tl+]. The second kappa shape index (κ2) is 5.64. The van der Waals surface area contributed by atoms with Gasteiger partial charge in [0.1, 0.15) is 0 Å². The first-order chi connectivity index (χ1) is 6.11. The van der Waals surface area contributed by atoms with Crippen molar-refractivity contribution in [2.24, 2.45) is 0 Å². The molecule has 0 aliphatic rings. The fraction of sp³-hybridized carbons (Fsp3) is 0.500. The van der Waals surface area contributed by atoms with Gasteiger partial charge < -0.3 is 9.67 Å². The molecule has 14 heavy (non-hydrogen) atoms. The summed E-state index contributed by atoms with van der Waals surface area (Å²) >= 11 is 4.99. The molecule has 1 aromatic heterocycles. The van der Waals surface area contributed by atoms with Gasteiger partial charge in [-0.1, -0.05) is 0 Å². The number of rotatable bonds is 2. The summed E-state index contributed by atoms with van der Waals surface area (Å²) in [5.41, 5.74) is -0.317. The minimum atomic E-state index is -0.317. The van der Waals surface area contributed by atoms with Gasteiger partial charge >= 0.3 is 27.3 Å². The number of nitrogens with zero attached hydrogens (tertiary/aromatic N) is 2. The third-order valence-electron chi connectivity index (χ3n) is 1.87. The van der Waals surface area contributed by atoms with E-state index in [0.717, 1.165) is 6.07 Å². The third-order valence-corrected chi connectivity index (χ3v) is 2.31. The molecule has 1 heterocycles. The summed E-state index contributed by atoms with van der Waals surface area (Å²) in [7, 11) is 0. The van der Waals surface area contributed by atoms with Crippen LogP contribution < -0.4 is 10.7 Å². The minimum Gasteiger partial charge on any atom is -0.860 e. The van der Waals surface area contributed by atoms with Crippen LogP contribution in [0.4, 0.5) is 0 Å². The van der Waals surface area contributed by atoms with Crippen LogP contribution in [-0.2, 0) is 13.1 Å². The van der Waals surface area contributed by atoms with Crippen LogP contribution in [0.5, 0.6) is 5.88 Å². The van der Waals surface area contributed by atoms with Crippen molar-refractivity contribution < 1.29 is 5.11 Å². The molecule has 74 valence electrons. The van der Waals surface area contributed by atoms with Gasteiger partial charge in [0.25, 0.3) is 5.56 Å². The fourth-order valence-electron chi connectivity index (χ4n) is 1.18. The van der Waals surface area contributed by atoms with Gasteiger partial charge in [0, 0.05) is 19.2 Å². The van der Waals surface area contributed by atoms with Crippen LogP contribution in [0.3, 0.4) is 0 Å². The first-order valence-corrected chi connectivity index (χ1v) is 4.54. The summed E-state index contributed by atoms with van der Waals surface area (Å²) in [6.07, 6.45) is 0. The molecular weight excluding hydrogens is 393 g/mol. The number of aromatic nitrogens is 2. The van der Waals surface area contributed by atoms with E-state index in [2.05, 4.69) is 0 Å². The average Bonchev–Trinajstić information content (AvgIpc) is 2.04. The van der Waals surface area contributed by atoms with Crippen molar-refractivity contribution in [2.75, 3.05) is 0 Å². The molecule has 0 aliphatic heterocycles. The quantitative estimate of drug-likeness (QED) is 0.520. The van der Waals surface area contributed by atoms with Crippen molar-refractivity contribution in [3.8, 4) is 5.88 Å². The molecule has 1 aromatic rings. The Kier molecular flexibility index (Phi) is 5.57. The van der Waals surface area contributed by atoms with E-state index in [-0.39, 0.29) is 38.7 Å². The Labute approximate surface area is 107 Å². The van der Waals surface area contributed by atoms with E-state index < -0.39 is 0 Å². The maximum absolute atomic E-state index is 11.2. The van der Waals surface area contributed by atoms with Crippen molar-refractivity contribution in [3.63, 3.8) is 0 Å².